The first kappa shape index (κ1) is 26.4. The van der Waals surface area contributed by atoms with Crippen molar-refractivity contribution in [3.8, 4) is 28.1 Å². The van der Waals surface area contributed by atoms with Crippen LogP contribution >= 0.6 is 0 Å². The second kappa shape index (κ2) is 11.7. The molecule has 0 radical (unpaired) electrons. The van der Waals surface area contributed by atoms with Crippen molar-refractivity contribution < 1.29 is 9.59 Å². The third-order valence-corrected chi connectivity index (χ3v) is 6.76. The number of nitrogens with two attached hydrogens (primary N) is 1. The summed E-state index contributed by atoms with van der Waals surface area (Å²) in [5.41, 5.74) is 14.6. The third-order valence-electron chi connectivity index (χ3n) is 6.76. The van der Waals surface area contributed by atoms with Crippen molar-refractivity contribution in [2.24, 2.45) is 0 Å². The predicted molar refractivity (Wildman–Crippen MR) is 160 cm³/mol. The van der Waals surface area contributed by atoms with Crippen LogP contribution in [0.4, 0.5) is 11.4 Å². The fourth-order valence-electron chi connectivity index (χ4n) is 4.42. The van der Waals surface area contributed by atoms with Gasteiger partial charge in [0.25, 0.3) is 5.91 Å². The highest BCUT2D eigenvalue weighted by atomic mass is 16.2. The predicted octanol–water partition coefficient (Wildman–Crippen LogP) is 6.03. The van der Waals surface area contributed by atoms with E-state index in [2.05, 4.69) is 66.1 Å². The number of hydrogen-bond donors (Lipinski definition) is 3. The molecule has 0 aliphatic rings. The van der Waals surface area contributed by atoms with Gasteiger partial charge in [0.2, 0.25) is 5.91 Å². The van der Waals surface area contributed by atoms with Crippen LogP contribution in [0.1, 0.15) is 28.0 Å². The number of carbonyl (C=O) groups is 2. The number of rotatable bonds is 8. The molecule has 0 fully saturated rings. The van der Waals surface area contributed by atoms with Crippen molar-refractivity contribution in [3.63, 3.8) is 0 Å². The molecule has 0 spiro atoms. The number of aromatic nitrogens is 2. The highest BCUT2D eigenvalue weighted by Crippen LogP contribution is 2.28. The molecule has 2 amide bonds. The minimum Gasteiger partial charge on any atom is -0.399 e. The van der Waals surface area contributed by atoms with Crippen LogP contribution in [-0.4, -0.2) is 28.6 Å². The van der Waals surface area contributed by atoms with E-state index in [1.165, 1.54) is 5.56 Å². The van der Waals surface area contributed by atoms with Crippen molar-refractivity contribution in [2.75, 3.05) is 18.1 Å². The summed E-state index contributed by atoms with van der Waals surface area (Å²) < 4.78 is 1.88. The van der Waals surface area contributed by atoms with E-state index in [0.717, 1.165) is 33.8 Å². The number of nitrogen functional groups attached to an aromatic ring is 1. The molecule has 40 heavy (non-hydrogen) atoms. The molecule has 0 bridgehead atoms. The standard InChI is InChI=1S/C33H31N5O2/c1-22-3-5-23(6-4-22)24-7-9-25(10-8-24)31-21-29(17-20-32(39)35-2)37-38(31)30-18-15-28(16-19-30)36-33(40)26-11-13-27(34)14-12-26/h3-16,18-19,21H,17,20,34H2,1-2H3,(H,35,39)(H,36,40). The van der Waals surface area contributed by atoms with Gasteiger partial charge in [0, 0.05) is 42.4 Å². The first-order chi connectivity index (χ1) is 19.4. The average Bonchev–Trinajstić information content (AvgIpc) is 3.41. The number of benzene rings is 4. The number of hydrogen-bond acceptors (Lipinski definition) is 4. The molecule has 5 aromatic rings. The van der Waals surface area contributed by atoms with Crippen LogP contribution in [-0.2, 0) is 11.2 Å². The van der Waals surface area contributed by atoms with E-state index < -0.39 is 0 Å². The Morgan fingerprint density at radius 1 is 0.800 bits per heavy atom. The molecule has 0 aliphatic carbocycles. The number of carbonyl (C=O) groups excluding carboxylic acids is 2. The van der Waals surface area contributed by atoms with Gasteiger partial charge in [-0.05, 0) is 72.6 Å². The topological polar surface area (TPSA) is 102 Å². The third kappa shape index (κ3) is 6.10. The van der Waals surface area contributed by atoms with E-state index in [9.17, 15) is 9.59 Å². The summed E-state index contributed by atoms with van der Waals surface area (Å²) in [5, 5.41) is 10.4. The monoisotopic (exact) mass is 529 g/mol. The van der Waals surface area contributed by atoms with E-state index in [1.54, 1.807) is 31.3 Å². The molecular formula is C33H31N5O2. The molecule has 200 valence electrons. The molecule has 7 heteroatoms. The maximum absolute atomic E-state index is 12.6. The smallest absolute Gasteiger partial charge is 0.255 e. The van der Waals surface area contributed by atoms with Gasteiger partial charge < -0.3 is 16.4 Å². The van der Waals surface area contributed by atoms with Crippen LogP contribution in [0.25, 0.3) is 28.1 Å². The molecule has 0 saturated heterocycles. The lowest BCUT2D eigenvalue weighted by atomic mass is 10.0. The van der Waals surface area contributed by atoms with Gasteiger partial charge in [-0.2, -0.15) is 5.10 Å². The quantitative estimate of drug-likeness (QED) is 0.214. The Morgan fingerprint density at radius 3 is 2.02 bits per heavy atom. The van der Waals surface area contributed by atoms with Gasteiger partial charge >= 0.3 is 0 Å². The van der Waals surface area contributed by atoms with Gasteiger partial charge in [-0.15, -0.1) is 0 Å². The fourth-order valence-corrected chi connectivity index (χ4v) is 4.42. The van der Waals surface area contributed by atoms with Crippen LogP contribution in [0.3, 0.4) is 0 Å². The zero-order valence-corrected chi connectivity index (χ0v) is 22.5. The Labute approximate surface area is 233 Å². The Bertz CT molecular complexity index is 1620. The second-order valence-corrected chi connectivity index (χ2v) is 9.67. The van der Waals surface area contributed by atoms with Crippen molar-refractivity contribution in [1.29, 1.82) is 0 Å². The Morgan fingerprint density at radius 2 is 1.40 bits per heavy atom. The van der Waals surface area contributed by atoms with E-state index in [0.29, 0.717) is 29.8 Å². The fraction of sp³-hybridized carbons (Fsp3) is 0.121. The van der Waals surface area contributed by atoms with Gasteiger partial charge in [0.15, 0.2) is 0 Å². The van der Waals surface area contributed by atoms with Gasteiger partial charge in [0.1, 0.15) is 0 Å². The lowest BCUT2D eigenvalue weighted by Crippen LogP contribution is -2.18. The number of nitrogens with one attached hydrogen (secondary N) is 2. The second-order valence-electron chi connectivity index (χ2n) is 9.67. The van der Waals surface area contributed by atoms with E-state index in [-0.39, 0.29) is 11.8 Å². The van der Waals surface area contributed by atoms with Gasteiger partial charge in [0.05, 0.1) is 17.1 Å². The van der Waals surface area contributed by atoms with Gasteiger partial charge in [-0.1, -0.05) is 54.1 Å². The average molecular weight is 530 g/mol. The lowest BCUT2D eigenvalue weighted by molar-refractivity contribution is -0.120. The zero-order valence-electron chi connectivity index (χ0n) is 22.5. The molecule has 0 atom stereocenters. The lowest BCUT2D eigenvalue weighted by Gasteiger charge is -2.11. The molecule has 7 nitrogen and oxygen atoms in total. The molecule has 4 N–H and O–H groups in total. The molecule has 1 heterocycles. The Hall–Kier alpha value is -5.17. The SMILES string of the molecule is CNC(=O)CCc1cc(-c2ccc(-c3ccc(C)cc3)cc2)n(-c2ccc(NC(=O)c3ccc(N)cc3)cc2)n1. The summed E-state index contributed by atoms with van der Waals surface area (Å²) in [6.07, 6.45) is 0.881. The number of aryl methyl sites for hydroxylation is 2. The molecule has 0 unspecified atom stereocenters. The van der Waals surface area contributed by atoms with E-state index in [1.807, 2.05) is 35.0 Å². The van der Waals surface area contributed by atoms with Crippen LogP contribution in [0.2, 0.25) is 0 Å². The first-order valence-corrected chi connectivity index (χ1v) is 13.1. The van der Waals surface area contributed by atoms with Crippen LogP contribution in [0.5, 0.6) is 0 Å². The van der Waals surface area contributed by atoms with Crippen LogP contribution in [0, 0.1) is 6.92 Å². The van der Waals surface area contributed by atoms with Gasteiger partial charge in [-0.3, -0.25) is 9.59 Å². The minimum atomic E-state index is -0.210. The Balaban J connectivity index is 1.42. The first-order valence-electron chi connectivity index (χ1n) is 13.1. The van der Waals surface area contributed by atoms with E-state index in [4.69, 9.17) is 10.8 Å². The maximum atomic E-state index is 12.6. The molecule has 1 aromatic heterocycles. The van der Waals surface area contributed by atoms with E-state index >= 15 is 0 Å². The number of amides is 2. The summed E-state index contributed by atoms with van der Waals surface area (Å²) in [6.45, 7) is 2.08. The highest BCUT2D eigenvalue weighted by molar-refractivity contribution is 6.04. The largest absolute Gasteiger partial charge is 0.399 e. The summed E-state index contributed by atoms with van der Waals surface area (Å²) >= 11 is 0. The summed E-state index contributed by atoms with van der Waals surface area (Å²) in [5.74, 6) is -0.238. The normalized spacial score (nSPS) is 10.8. The maximum Gasteiger partial charge on any atom is 0.255 e. The van der Waals surface area contributed by atoms with Crippen molar-refractivity contribution in [2.45, 2.75) is 19.8 Å². The minimum absolute atomic E-state index is 0.0280. The molecule has 5 rings (SSSR count). The number of anilines is 2. The van der Waals surface area contributed by atoms with Crippen molar-refractivity contribution in [3.05, 3.63) is 120 Å². The number of nitrogens with zero attached hydrogens (tertiary/aromatic N) is 2. The summed E-state index contributed by atoms with van der Waals surface area (Å²) in [4.78, 5) is 24.5. The molecule has 0 aliphatic heterocycles. The zero-order chi connectivity index (χ0) is 28.1. The van der Waals surface area contributed by atoms with Crippen molar-refractivity contribution in [1.82, 2.24) is 15.1 Å². The Kier molecular flexibility index (Phi) is 7.73. The molecule has 0 saturated carbocycles. The summed E-state index contributed by atoms with van der Waals surface area (Å²) in [7, 11) is 1.63. The summed E-state index contributed by atoms with van der Waals surface area (Å²) in [6, 6.07) is 33.2. The highest BCUT2D eigenvalue weighted by Gasteiger charge is 2.14. The van der Waals surface area contributed by atoms with Crippen LogP contribution < -0.4 is 16.4 Å². The molecule has 4 aromatic carbocycles. The van der Waals surface area contributed by atoms with Gasteiger partial charge in [-0.25, -0.2) is 4.68 Å². The molecular weight excluding hydrogens is 498 g/mol. The van der Waals surface area contributed by atoms with Crippen molar-refractivity contribution >= 4 is 23.2 Å². The van der Waals surface area contributed by atoms with Crippen LogP contribution in [0.15, 0.2) is 103 Å².